The first-order valence-corrected chi connectivity index (χ1v) is 4.62. The molecule has 2 nitrogen and oxygen atoms in total. The molecule has 3 aliphatic carbocycles. The van der Waals surface area contributed by atoms with E-state index < -0.39 is 5.60 Å². The van der Waals surface area contributed by atoms with Gasteiger partial charge >= 0.3 is 0 Å². The zero-order chi connectivity index (χ0) is 9.15. The number of hydrogen-bond donors (Lipinski definition) is 1. The minimum atomic E-state index is -1.04. The summed E-state index contributed by atoms with van der Waals surface area (Å²) in [4.78, 5) is 11.4. The Kier molecular flexibility index (Phi) is 1.32. The van der Waals surface area contributed by atoms with Crippen molar-refractivity contribution < 1.29 is 9.90 Å². The largest absolute Gasteiger partial charge is 0.382 e. The Labute approximate surface area is 73.0 Å². The fourth-order valence-corrected chi connectivity index (χ4v) is 2.94. The van der Waals surface area contributed by atoms with Gasteiger partial charge in [-0.25, -0.2) is 0 Å². The first-order chi connectivity index (χ1) is 5.37. The second-order valence-corrected chi connectivity index (χ2v) is 5.08. The summed E-state index contributed by atoms with van der Waals surface area (Å²) >= 11 is 0. The maximum Gasteiger partial charge on any atom is 0.164 e. The molecule has 0 amide bonds. The number of fused-ring (bicyclic) bond motifs is 2. The molecule has 3 atom stereocenters. The smallest absolute Gasteiger partial charge is 0.164 e. The molecule has 0 spiro atoms. The molecule has 0 saturated heterocycles. The van der Waals surface area contributed by atoms with Gasteiger partial charge in [0.2, 0.25) is 0 Å². The highest BCUT2D eigenvalue weighted by Gasteiger charge is 2.62. The number of aliphatic hydroxyl groups is 1. The van der Waals surface area contributed by atoms with Crippen molar-refractivity contribution in [1.82, 2.24) is 0 Å². The van der Waals surface area contributed by atoms with Gasteiger partial charge in [0.1, 0.15) is 5.60 Å². The van der Waals surface area contributed by atoms with E-state index in [0.717, 1.165) is 6.42 Å². The van der Waals surface area contributed by atoms with E-state index in [1.54, 1.807) is 6.92 Å². The molecular weight excluding hydrogens is 152 g/mol. The second kappa shape index (κ2) is 1.92. The van der Waals surface area contributed by atoms with Gasteiger partial charge in [-0.15, -0.1) is 0 Å². The quantitative estimate of drug-likeness (QED) is 0.593. The molecule has 12 heavy (non-hydrogen) atoms. The third kappa shape index (κ3) is 0.717. The lowest BCUT2D eigenvalue weighted by Crippen LogP contribution is -2.64. The summed E-state index contributed by atoms with van der Waals surface area (Å²) in [5.74, 6) is 0.759. The third-order valence-electron chi connectivity index (χ3n) is 4.15. The Morgan fingerprint density at radius 2 is 2.00 bits per heavy atom. The zero-order valence-electron chi connectivity index (χ0n) is 7.92. The maximum absolute atomic E-state index is 11.4. The predicted octanol–water partition coefficient (Wildman–Crippen LogP) is 1.37. The summed E-state index contributed by atoms with van der Waals surface area (Å²) in [6.45, 7) is 6.00. The maximum atomic E-state index is 11.4. The SMILES string of the molecule is CC1(O)C(=O)CC2C[C@H]1C2(C)C. The van der Waals surface area contributed by atoms with E-state index in [1.165, 1.54) is 0 Å². The van der Waals surface area contributed by atoms with Crippen molar-refractivity contribution in [1.29, 1.82) is 0 Å². The van der Waals surface area contributed by atoms with Crippen molar-refractivity contribution in [2.24, 2.45) is 17.3 Å². The van der Waals surface area contributed by atoms with Crippen molar-refractivity contribution >= 4 is 5.78 Å². The third-order valence-corrected chi connectivity index (χ3v) is 4.15. The van der Waals surface area contributed by atoms with Crippen LogP contribution < -0.4 is 0 Å². The van der Waals surface area contributed by atoms with Crippen molar-refractivity contribution in [3.63, 3.8) is 0 Å². The Morgan fingerprint density at radius 3 is 2.33 bits per heavy atom. The molecule has 3 aliphatic rings. The molecule has 2 bridgehead atoms. The van der Waals surface area contributed by atoms with Gasteiger partial charge in [0, 0.05) is 12.3 Å². The molecule has 1 N–H and O–H groups in total. The van der Waals surface area contributed by atoms with E-state index in [-0.39, 0.29) is 17.1 Å². The molecule has 0 aromatic heterocycles. The van der Waals surface area contributed by atoms with Crippen LogP contribution in [0.4, 0.5) is 0 Å². The Morgan fingerprint density at radius 1 is 1.42 bits per heavy atom. The van der Waals surface area contributed by atoms with E-state index >= 15 is 0 Å². The average molecular weight is 168 g/mol. The van der Waals surface area contributed by atoms with Crippen molar-refractivity contribution in [2.75, 3.05) is 0 Å². The Balaban J connectivity index is 2.33. The summed E-state index contributed by atoms with van der Waals surface area (Å²) < 4.78 is 0. The van der Waals surface area contributed by atoms with Crippen LogP contribution in [0.1, 0.15) is 33.6 Å². The standard InChI is InChI=1S/C10H16O2/c1-9(2)6-4-7(9)10(3,12)8(11)5-6/h6-7,12H,4-5H2,1-3H3/t6?,7-,10?/m0/s1. The minimum absolute atomic E-state index is 0.0445. The number of carbonyl (C=O) groups excluding carboxylic acids is 1. The molecule has 2 unspecified atom stereocenters. The van der Waals surface area contributed by atoms with Gasteiger partial charge in [-0.3, -0.25) is 4.79 Å². The van der Waals surface area contributed by atoms with Crippen LogP contribution in [0, 0.1) is 17.3 Å². The molecular formula is C10H16O2. The van der Waals surface area contributed by atoms with Crippen LogP contribution in [-0.4, -0.2) is 16.5 Å². The van der Waals surface area contributed by atoms with Gasteiger partial charge < -0.3 is 5.11 Å². The van der Waals surface area contributed by atoms with Crippen LogP contribution >= 0.6 is 0 Å². The van der Waals surface area contributed by atoms with Crippen molar-refractivity contribution in [2.45, 2.75) is 39.2 Å². The lowest BCUT2D eigenvalue weighted by atomic mass is 9.44. The first kappa shape index (κ1) is 8.24. The minimum Gasteiger partial charge on any atom is -0.382 e. The molecule has 0 aliphatic heterocycles. The lowest BCUT2D eigenvalue weighted by molar-refractivity contribution is -0.196. The van der Waals surface area contributed by atoms with Gasteiger partial charge in [0.15, 0.2) is 5.78 Å². The Bertz CT molecular complexity index is 240. The number of carbonyl (C=O) groups is 1. The van der Waals surface area contributed by atoms with Crippen molar-refractivity contribution in [3.8, 4) is 0 Å². The normalized spacial score (nSPS) is 50.2. The van der Waals surface area contributed by atoms with Crippen LogP contribution in [0.2, 0.25) is 0 Å². The molecule has 2 heteroatoms. The van der Waals surface area contributed by atoms with Gasteiger partial charge in [-0.1, -0.05) is 13.8 Å². The summed E-state index contributed by atoms with van der Waals surface area (Å²) in [6, 6.07) is 0. The predicted molar refractivity (Wildman–Crippen MR) is 45.6 cm³/mol. The van der Waals surface area contributed by atoms with Gasteiger partial charge in [0.25, 0.3) is 0 Å². The van der Waals surface area contributed by atoms with Crippen LogP contribution in [0.3, 0.4) is 0 Å². The molecule has 0 aromatic rings. The summed E-state index contributed by atoms with van der Waals surface area (Å²) in [5, 5.41) is 9.94. The Hall–Kier alpha value is -0.370. The van der Waals surface area contributed by atoms with Gasteiger partial charge in [-0.2, -0.15) is 0 Å². The number of Topliss-reactive ketones (excluding diaryl/α,β-unsaturated/α-hetero) is 1. The molecule has 68 valence electrons. The summed E-state index contributed by atoms with van der Waals surface area (Å²) in [7, 11) is 0. The zero-order valence-corrected chi connectivity index (χ0v) is 7.92. The van der Waals surface area contributed by atoms with Crippen LogP contribution in [-0.2, 0) is 4.79 Å². The van der Waals surface area contributed by atoms with Crippen LogP contribution in [0.5, 0.6) is 0 Å². The van der Waals surface area contributed by atoms with E-state index in [0.29, 0.717) is 12.3 Å². The van der Waals surface area contributed by atoms with Gasteiger partial charge in [-0.05, 0) is 24.7 Å². The first-order valence-electron chi connectivity index (χ1n) is 4.62. The molecule has 0 heterocycles. The number of rotatable bonds is 0. The second-order valence-electron chi connectivity index (χ2n) is 5.08. The van der Waals surface area contributed by atoms with E-state index in [1.807, 2.05) is 0 Å². The number of ketones is 1. The molecule has 0 radical (unpaired) electrons. The fraction of sp³-hybridized carbons (Fsp3) is 0.900. The molecule has 0 aromatic carbocycles. The molecule has 3 saturated carbocycles. The average Bonchev–Trinajstić information content (AvgIpc) is 1.93. The lowest BCUT2D eigenvalue weighted by Gasteiger charge is -2.61. The topological polar surface area (TPSA) is 37.3 Å². The summed E-state index contributed by atoms with van der Waals surface area (Å²) in [6.07, 6.45) is 1.61. The summed E-state index contributed by atoms with van der Waals surface area (Å²) in [5.41, 5.74) is -0.865. The molecule has 3 fully saturated rings. The highest BCUT2D eigenvalue weighted by atomic mass is 16.3. The highest BCUT2D eigenvalue weighted by molar-refractivity contribution is 5.89. The van der Waals surface area contributed by atoms with Crippen LogP contribution in [0.15, 0.2) is 0 Å². The van der Waals surface area contributed by atoms with E-state index in [2.05, 4.69) is 13.8 Å². The van der Waals surface area contributed by atoms with Crippen LogP contribution in [0.25, 0.3) is 0 Å². The fourth-order valence-electron chi connectivity index (χ4n) is 2.94. The van der Waals surface area contributed by atoms with Gasteiger partial charge in [0.05, 0.1) is 0 Å². The van der Waals surface area contributed by atoms with Crippen molar-refractivity contribution in [3.05, 3.63) is 0 Å². The monoisotopic (exact) mass is 168 g/mol. The molecule has 3 rings (SSSR count). The van der Waals surface area contributed by atoms with E-state index in [4.69, 9.17) is 0 Å². The number of hydrogen-bond acceptors (Lipinski definition) is 2. The van der Waals surface area contributed by atoms with E-state index in [9.17, 15) is 9.90 Å². The highest BCUT2D eigenvalue weighted by Crippen LogP contribution is 2.61.